The average Bonchev–Trinajstić information content (AvgIpc) is 3.51. The highest BCUT2D eigenvalue weighted by Gasteiger charge is 2.37. The number of thioether (sulfide) groups is 1. The van der Waals surface area contributed by atoms with Crippen LogP contribution < -0.4 is 4.90 Å². The number of carbonyl (C=O) groups is 2. The second-order valence-corrected chi connectivity index (χ2v) is 9.02. The van der Waals surface area contributed by atoms with Crippen LogP contribution in [0.1, 0.15) is 44.1 Å². The van der Waals surface area contributed by atoms with Crippen LogP contribution in [0.15, 0.2) is 78.1 Å². The van der Waals surface area contributed by atoms with Crippen LogP contribution in [-0.4, -0.2) is 26.3 Å². The number of para-hydroxylation sites is 1. The van der Waals surface area contributed by atoms with Gasteiger partial charge in [0.05, 0.1) is 22.5 Å². The van der Waals surface area contributed by atoms with Crippen molar-refractivity contribution in [2.24, 2.45) is 0 Å². The lowest BCUT2D eigenvalue weighted by Gasteiger charge is -2.18. The van der Waals surface area contributed by atoms with Gasteiger partial charge in [0.1, 0.15) is 5.82 Å². The van der Waals surface area contributed by atoms with Gasteiger partial charge in [-0.1, -0.05) is 48.2 Å². The number of benzene rings is 2. The van der Waals surface area contributed by atoms with E-state index in [9.17, 15) is 9.59 Å². The molecule has 0 fully saturated rings. The lowest BCUT2D eigenvalue weighted by atomic mass is 10.1. The molecule has 0 saturated carbocycles. The van der Waals surface area contributed by atoms with Gasteiger partial charge in [0, 0.05) is 17.6 Å². The van der Waals surface area contributed by atoms with Gasteiger partial charge >= 0.3 is 0 Å². The summed E-state index contributed by atoms with van der Waals surface area (Å²) in [7, 11) is 0. The number of imide groups is 1. The van der Waals surface area contributed by atoms with Gasteiger partial charge in [0.2, 0.25) is 0 Å². The molecular formula is C26H20N4O2S. The second kappa shape index (κ2) is 8.01. The first kappa shape index (κ1) is 19.9. The van der Waals surface area contributed by atoms with E-state index in [2.05, 4.69) is 9.55 Å². The fourth-order valence-corrected chi connectivity index (χ4v) is 5.61. The summed E-state index contributed by atoms with van der Waals surface area (Å²) in [6.45, 7) is 0. The molecule has 2 aromatic heterocycles. The van der Waals surface area contributed by atoms with Crippen molar-refractivity contribution < 1.29 is 9.59 Å². The Bertz CT molecular complexity index is 1360. The molecule has 0 radical (unpaired) electrons. The Morgan fingerprint density at radius 1 is 0.848 bits per heavy atom. The zero-order chi connectivity index (χ0) is 22.4. The summed E-state index contributed by atoms with van der Waals surface area (Å²) in [4.78, 5) is 36.8. The van der Waals surface area contributed by atoms with Gasteiger partial charge in [-0.2, -0.15) is 0 Å². The first-order chi connectivity index (χ1) is 16.2. The van der Waals surface area contributed by atoms with Crippen LogP contribution in [0.3, 0.4) is 0 Å². The van der Waals surface area contributed by atoms with Crippen molar-refractivity contribution in [3.05, 3.63) is 101 Å². The van der Waals surface area contributed by atoms with Crippen LogP contribution in [0.2, 0.25) is 0 Å². The smallest absolute Gasteiger partial charge is 0.266 e. The molecule has 2 amide bonds. The Hall–Kier alpha value is -3.71. The van der Waals surface area contributed by atoms with Gasteiger partial charge in [-0.15, -0.1) is 0 Å². The predicted octanol–water partition coefficient (Wildman–Crippen LogP) is 4.85. The zero-order valence-corrected chi connectivity index (χ0v) is 18.6. The molecule has 1 aliphatic heterocycles. The quantitative estimate of drug-likeness (QED) is 0.320. The summed E-state index contributed by atoms with van der Waals surface area (Å²) in [6, 6.07) is 20.5. The van der Waals surface area contributed by atoms with Crippen LogP contribution in [0.5, 0.6) is 0 Å². The van der Waals surface area contributed by atoms with Crippen LogP contribution in [0.4, 0.5) is 5.69 Å². The maximum atomic E-state index is 13.0. The Balaban J connectivity index is 1.33. The fraction of sp³-hybridized carbons (Fsp3) is 0.154. The van der Waals surface area contributed by atoms with Crippen molar-refractivity contribution in [2.75, 3.05) is 4.90 Å². The normalized spacial score (nSPS) is 14.6. The maximum Gasteiger partial charge on any atom is 0.266 e. The third-order valence-electron chi connectivity index (χ3n) is 6.11. The molecule has 3 heterocycles. The fourth-order valence-electron chi connectivity index (χ4n) is 4.57. The van der Waals surface area contributed by atoms with E-state index < -0.39 is 0 Å². The molecule has 0 atom stereocenters. The Morgan fingerprint density at radius 3 is 2.33 bits per heavy atom. The summed E-state index contributed by atoms with van der Waals surface area (Å²) in [5, 5.41) is 0.885. The van der Waals surface area contributed by atoms with E-state index in [0.29, 0.717) is 22.6 Å². The first-order valence-corrected chi connectivity index (χ1v) is 11.9. The number of aryl methyl sites for hydroxylation is 1. The van der Waals surface area contributed by atoms with Crippen molar-refractivity contribution in [1.29, 1.82) is 0 Å². The zero-order valence-electron chi connectivity index (χ0n) is 17.8. The monoisotopic (exact) mass is 452 g/mol. The number of carbonyl (C=O) groups excluding carboxylic acids is 2. The van der Waals surface area contributed by atoms with Crippen LogP contribution >= 0.6 is 11.8 Å². The van der Waals surface area contributed by atoms with Crippen molar-refractivity contribution in [2.45, 2.75) is 30.2 Å². The molecule has 0 N–H and O–H groups in total. The molecular weight excluding hydrogens is 432 g/mol. The summed E-state index contributed by atoms with van der Waals surface area (Å²) in [6.07, 6.45) is 4.88. The topological polar surface area (TPSA) is 68.1 Å². The summed E-state index contributed by atoms with van der Waals surface area (Å²) in [5.41, 5.74) is 4.80. The lowest BCUT2D eigenvalue weighted by molar-refractivity contribution is 0.0926. The van der Waals surface area contributed by atoms with E-state index in [4.69, 9.17) is 4.98 Å². The van der Waals surface area contributed by atoms with E-state index >= 15 is 0 Å². The molecule has 6 nitrogen and oxygen atoms in total. The molecule has 7 heteroatoms. The van der Waals surface area contributed by atoms with E-state index in [-0.39, 0.29) is 11.8 Å². The second-order valence-electron chi connectivity index (χ2n) is 8.07. The van der Waals surface area contributed by atoms with Crippen LogP contribution in [0, 0.1) is 0 Å². The molecule has 33 heavy (non-hydrogen) atoms. The van der Waals surface area contributed by atoms with Crippen molar-refractivity contribution in [3.63, 3.8) is 0 Å². The number of anilines is 1. The number of pyridine rings is 1. The maximum absolute atomic E-state index is 13.0. The molecule has 0 saturated heterocycles. The van der Waals surface area contributed by atoms with Crippen LogP contribution in [-0.2, 0) is 18.6 Å². The molecule has 6 rings (SSSR count). The number of amides is 2. The summed E-state index contributed by atoms with van der Waals surface area (Å²) < 4.78 is 2.15. The number of fused-ring (bicyclic) bond motifs is 2. The lowest BCUT2D eigenvalue weighted by Crippen LogP contribution is -2.30. The minimum Gasteiger partial charge on any atom is -0.275 e. The van der Waals surface area contributed by atoms with Crippen molar-refractivity contribution >= 4 is 29.3 Å². The van der Waals surface area contributed by atoms with Crippen molar-refractivity contribution in [3.8, 4) is 5.82 Å². The van der Waals surface area contributed by atoms with E-state index in [1.165, 1.54) is 10.6 Å². The van der Waals surface area contributed by atoms with Gasteiger partial charge in [-0.05, 0) is 55.2 Å². The molecule has 0 unspecified atom stereocenters. The van der Waals surface area contributed by atoms with E-state index in [1.807, 2.05) is 42.5 Å². The molecule has 4 aromatic rings. The Morgan fingerprint density at radius 2 is 1.58 bits per heavy atom. The van der Waals surface area contributed by atoms with Crippen molar-refractivity contribution in [1.82, 2.24) is 14.5 Å². The molecule has 0 spiro atoms. The highest BCUT2D eigenvalue weighted by molar-refractivity contribution is 7.98. The summed E-state index contributed by atoms with van der Waals surface area (Å²) in [5.74, 6) is 0.889. The minimum absolute atomic E-state index is 0.276. The number of rotatable bonds is 5. The predicted molar refractivity (Wildman–Crippen MR) is 127 cm³/mol. The number of imidazole rings is 1. The molecule has 2 aliphatic rings. The number of hydrogen-bond donors (Lipinski definition) is 0. The van der Waals surface area contributed by atoms with E-state index in [0.717, 1.165) is 41.5 Å². The van der Waals surface area contributed by atoms with Gasteiger partial charge in [-0.25, -0.2) is 14.9 Å². The average molecular weight is 453 g/mol. The number of hydrogen-bond acceptors (Lipinski definition) is 5. The van der Waals surface area contributed by atoms with Gasteiger partial charge in [0.15, 0.2) is 5.16 Å². The molecule has 2 aromatic carbocycles. The number of aromatic nitrogens is 3. The number of nitrogens with zero attached hydrogens (tertiary/aromatic N) is 4. The third-order valence-corrected chi connectivity index (χ3v) is 7.10. The van der Waals surface area contributed by atoms with Crippen LogP contribution in [0.25, 0.3) is 5.82 Å². The Kier molecular flexibility index (Phi) is 4.84. The van der Waals surface area contributed by atoms with Gasteiger partial charge < -0.3 is 0 Å². The summed E-state index contributed by atoms with van der Waals surface area (Å²) >= 11 is 1.60. The van der Waals surface area contributed by atoms with Gasteiger partial charge in [-0.3, -0.25) is 14.2 Å². The largest absolute Gasteiger partial charge is 0.275 e. The SMILES string of the molecule is O=C1c2ccccc2C(=O)N1c1ccccc1CSc1nc2c(n1-c1ccccn1)CCC2. The highest BCUT2D eigenvalue weighted by Crippen LogP contribution is 2.36. The standard InChI is InChI=1S/C26H20N4O2S/c31-24-18-9-2-3-10-19(18)25(32)30(24)21-12-4-1-8-17(21)16-33-26-28-20-11-7-13-22(20)29(26)23-14-5-6-15-27-23/h1-6,8-10,12,14-15H,7,11,13,16H2. The van der Waals surface area contributed by atoms with E-state index in [1.54, 1.807) is 42.2 Å². The minimum atomic E-state index is -0.276. The third kappa shape index (κ3) is 3.27. The highest BCUT2D eigenvalue weighted by atomic mass is 32.2. The first-order valence-electron chi connectivity index (χ1n) is 10.9. The van der Waals surface area contributed by atoms with Gasteiger partial charge in [0.25, 0.3) is 11.8 Å². The molecule has 0 bridgehead atoms. The molecule has 162 valence electrons. The Labute approximate surface area is 195 Å². The molecule has 1 aliphatic carbocycles.